The SMILES string of the molecule is COC1=CC(Br)=CC2=NN(C)C(C)C12. The molecule has 2 aliphatic rings. The van der Waals surface area contributed by atoms with Crippen molar-refractivity contribution in [3.63, 3.8) is 0 Å². The zero-order chi connectivity index (χ0) is 10.3. The predicted octanol–water partition coefficient (Wildman–Crippen LogP) is 2.12. The zero-order valence-electron chi connectivity index (χ0n) is 8.49. The highest BCUT2D eigenvalue weighted by molar-refractivity contribution is 9.11. The van der Waals surface area contributed by atoms with Crippen molar-refractivity contribution in [2.75, 3.05) is 14.2 Å². The Bertz CT molecular complexity index is 346. The van der Waals surface area contributed by atoms with Crippen LogP contribution in [-0.4, -0.2) is 30.9 Å². The third-order valence-electron chi connectivity index (χ3n) is 2.77. The third-order valence-corrected chi connectivity index (χ3v) is 3.23. The number of halogens is 1. The molecule has 14 heavy (non-hydrogen) atoms. The fourth-order valence-electron chi connectivity index (χ4n) is 1.89. The molecule has 0 aromatic heterocycles. The Balaban J connectivity index is 2.39. The summed E-state index contributed by atoms with van der Waals surface area (Å²) in [5.74, 6) is 1.27. The molecule has 0 fully saturated rings. The second-order valence-electron chi connectivity index (χ2n) is 3.60. The summed E-state index contributed by atoms with van der Waals surface area (Å²) in [6.07, 6.45) is 4.06. The number of methoxy groups -OCH3 is 1. The minimum absolute atomic E-state index is 0.284. The summed E-state index contributed by atoms with van der Waals surface area (Å²) in [5.41, 5.74) is 1.08. The van der Waals surface area contributed by atoms with Gasteiger partial charge in [0.25, 0.3) is 0 Å². The van der Waals surface area contributed by atoms with Crippen molar-refractivity contribution >= 4 is 21.6 Å². The molecule has 2 unspecified atom stereocenters. The first kappa shape index (κ1) is 9.77. The summed E-state index contributed by atoms with van der Waals surface area (Å²) >= 11 is 3.45. The van der Waals surface area contributed by atoms with E-state index in [9.17, 15) is 0 Å². The smallest absolute Gasteiger partial charge is 0.108 e. The van der Waals surface area contributed by atoms with Crippen LogP contribution in [-0.2, 0) is 4.74 Å². The Morgan fingerprint density at radius 1 is 1.50 bits per heavy atom. The molecule has 1 aliphatic carbocycles. The first-order valence-electron chi connectivity index (χ1n) is 4.57. The molecule has 0 saturated heterocycles. The number of rotatable bonds is 1. The van der Waals surface area contributed by atoms with Crippen LogP contribution in [0.3, 0.4) is 0 Å². The van der Waals surface area contributed by atoms with Crippen LogP contribution >= 0.6 is 15.9 Å². The van der Waals surface area contributed by atoms with E-state index in [1.165, 1.54) is 0 Å². The minimum atomic E-state index is 0.284. The summed E-state index contributed by atoms with van der Waals surface area (Å²) in [6, 6.07) is 0.369. The van der Waals surface area contributed by atoms with Crippen molar-refractivity contribution in [3.8, 4) is 0 Å². The van der Waals surface area contributed by atoms with Crippen molar-refractivity contribution in [2.24, 2.45) is 11.0 Å². The summed E-state index contributed by atoms with van der Waals surface area (Å²) in [7, 11) is 3.70. The highest BCUT2D eigenvalue weighted by Gasteiger charge is 2.36. The summed E-state index contributed by atoms with van der Waals surface area (Å²) < 4.78 is 6.40. The van der Waals surface area contributed by atoms with Gasteiger partial charge in [0.1, 0.15) is 5.76 Å². The van der Waals surface area contributed by atoms with Crippen LogP contribution in [0.2, 0.25) is 0 Å². The molecule has 76 valence electrons. The second kappa shape index (κ2) is 3.42. The second-order valence-corrected chi connectivity index (χ2v) is 4.51. The van der Waals surface area contributed by atoms with Gasteiger partial charge in [0, 0.05) is 11.5 Å². The quantitative estimate of drug-likeness (QED) is 0.718. The number of fused-ring (bicyclic) bond motifs is 1. The molecule has 0 aromatic rings. The monoisotopic (exact) mass is 256 g/mol. The van der Waals surface area contributed by atoms with E-state index < -0.39 is 0 Å². The van der Waals surface area contributed by atoms with Crippen molar-refractivity contribution in [3.05, 3.63) is 22.4 Å². The lowest BCUT2D eigenvalue weighted by Crippen LogP contribution is -2.30. The molecular formula is C10H13BrN2O. The van der Waals surface area contributed by atoms with E-state index in [2.05, 4.69) is 28.0 Å². The fraction of sp³-hybridized carbons (Fsp3) is 0.500. The zero-order valence-corrected chi connectivity index (χ0v) is 10.1. The summed E-state index contributed by atoms with van der Waals surface area (Å²) in [4.78, 5) is 0. The molecule has 0 radical (unpaired) electrons. The molecule has 0 saturated carbocycles. The van der Waals surface area contributed by atoms with Gasteiger partial charge in [0.05, 0.1) is 24.8 Å². The first-order chi connectivity index (χ1) is 6.63. The minimum Gasteiger partial charge on any atom is -0.500 e. The van der Waals surface area contributed by atoms with Gasteiger partial charge in [-0.05, 0) is 19.1 Å². The van der Waals surface area contributed by atoms with Gasteiger partial charge in [-0.2, -0.15) is 5.10 Å². The molecule has 0 spiro atoms. The van der Waals surface area contributed by atoms with Crippen LogP contribution < -0.4 is 0 Å². The highest BCUT2D eigenvalue weighted by Crippen LogP contribution is 2.33. The van der Waals surface area contributed by atoms with Gasteiger partial charge in [0.15, 0.2) is 0 Å². The number of hydrogen-bond donors (Lipinski definition) is 0. The average molecular weight is 257 g/mol. The van der Waals surface area contributed by atoms with E-state index >= 15 is 0 Å². The predicted molar refractivity (Wildman–Crippen MR) is 60.3 cm³/mol. The lowest BCUT2D eigenvalue weighted by Gasteiger charge is -2.24. The molecule has 4 heteroatoms. The first-order valence-corrected chi connectivity index (χ1v) is 5.37. The van der Waals surface area contributed by atoms with Crippen molar-refractivity contribution in [1.82, 2.24) is 5.01 Å². The van der Waals surface area contributed by atoms with Crippen molar-refractivity contribution < 1.29 is 4.74 Å². The molecule has 2 rings (SSSR count). The molecule has 3 nitrogen and oxygen atoms in total. The molecule has 0 N–H and O–H groups in total. The largest absolute Gasteiger partial charge is 0.500 e. The normalized spacial score (nSPS) is 30.6. The lowest BCUT2D eigenvalue weighted by atomic mass is 9.91. The van der Waals surface area contributed by atoms with Crippen molar-refractivity contribution in [2.45, 2.75) is 13.0 Å². The van der Waals surface area contributed by atoms with Gasteiger partial charge in [-0.1, -0.05) is 15.9 Å². The molecule has 0 aromatic carbocycles. The van der Waals surface area contributed by atoms with Gasteiger partial charge in [-0.25, -0.2) is 0 Å². The van der Waals surface area contributed by atoms with E-state index in [0.717, 1.165) is 16.0 Å². The van der Waals surface area contributed by atoms with E-state index in [-0.39, 0.29) is 5.92 Å². The van der Waals surface area contributed by atoms with Crippen molar-refractivity contribution in [1.29, 1.82) is 0 Å². The number of allylic oxidation sites excluding steroid dienone is 3. The number of ether oxygens (including phenoxy) is 1. The molecule has 1 heterocycles. The third kappa shape index (κ3) is 1.38. The topological polar surface area (TPSA) is 24.8 Å². The molecule has 2 atom stereocenters. The Morgan fingerprint density at radius 2 is 2.21 bits per heavy atom. The van der Waals surface area contributed by atoms with Crippen LogP contribution in [0.1, 0.15) is 6.92 Å². The maximum Gasteiger partial charge on any atom is 0.108 e. The van der Waals surface area contributed by atoms with Crippen LogP contribution in [0.5, 0.6) is 0 Å². The Morgan fingerprint density at radius 3 is 2.86 bits per heavy atom. The van der Waals surface area contributed by atoms with Gasteiger partial charge >= 0.3 is 0 Å². The summed E-state index contributed by atoms with van der Waals surface area (Å²) in [6.45, 7) is 2.15. The molecule has 0 bridgehead atoms. The van der Waals surface area contributed by atoms with Gasteiger partial charge in [-0.15, -0.1) is 0 Å². The van der Waals surface area contributed by atoms with Gasteiger partial charge in [0.2, 0.25) is 0 Å². The van der Waals surface area contributed by atoms with Crippen LogP contribution in [0.4, 0.5) is 0 Å². The maximum absolute atomic E-state index is 5.38. The van der Waals surface area contributed by atoms with Gasteiger partial charge < -0.3 is 4.74 Å². The fourth-order valence-corrected chi connectivity index (χ4v) is 2.36. The average Bonchev–Trinajstić information content (AvgIpc) is 2.41. The molecular weight excluding hydrogens is 244 g/mol. The van der Waals surface area contributed by atoms with E-state index in [0.29, 0.717) is 6.04 Å². The number of hydrogen-bond acceptors (Lipinski definition) is 3. The molecule has 1 aliphatic heterocycles. The van der Waals surface area contributed by atoms with Crippen LogP contribution in [0.15, 0.2) is 27.5 Å². The Hall–Kier alpha value is -0.770. The lowest BCUT2D eigenvalue weighted by molar-refractivity contribution is 0.209. The van der Waals surface area contributed by atoms with E-state index in [1.54, 1.807) is 7.11 Å². The molecule has 0 amide bonds. The van der Waals surface area contributed by atoms with Crippen LogP contribution in [0, 0.1) is 5.92 Å². The highest BCUT2D eigenvalue weighted by atomic mass is 79.9. The maximum atomic E-state index is 5.38. The summed E-state index contributed by atoms with van der Waals surface area (Å²) in [5, 5.41) is 6.44. The Labute approximate surface area is 92.2 Å². The number of nitrogens with zero attached hydrogens (tertiary/aromatic N) is 2. The van der Waals surface area contributed by atoms with E-state index in [1.807, 2.05) is 24.2 Å². The standard InChI is InChI=1S/C10H13BrN2O/c1-6-10-8(12-13(6)2)4-7(11)5-9(10)14-3/h4-6,10H,1-3H3. The van der Waals surface area contributed by atoms with E-state index in [4.69, 9.17) is 4.74 Å². The van der Waals surface area contributed by atoms with Gasteiger partial charge in [-0.3, -0.25) is 5.01 Å². The number of hydrazone groups is 1. The van der Waals surface area contributed by atoms with Crippen LogP contribution in [0.25, 0.3) is 0 Å². The Kier molecular flexibility index (Phi) is 2.39.